The van der Waals surface area contributed by atoms with E-state index >= 15 is 0 Å². The maximum absolute atomic E-state index is 10.7. The number of rotatable bonds is 3. The molecule has 0 aliphatic heterocycles. The molecule has 2 unspecified atom stereocenters. The molecular weight excluding hydrogens is 222 g/mol. The molecule has 88 valence electrons. The van der Waals surface area contributed by atoms with Crippen LogP contribution >= 0.6 is 11.3 Å². The summed E-state index contributed by atoms with van der Waals surface area (Å²) in [5, 5.41) is 9.94. The summed E-state index contributed by atoms with van der Waals surface area (Å²) in [6.07, 6.45) is 3.81. The van der Waals surface area contributed by atoms with E-state index in [0.717, 1.165) is 21.5 Å². The van der Waals surface area contributed by atoms with E-state index in [4.69, 9.17) is 5.11 Å². The van der Waals surface area contributed by atoms with Crippen LogP contribution in [0.1, 0.15) is 47.7 Å². The second-order valence-electron chi connectivity index (χ2n) is 4.75. The van der Waals surface area contributed by atoms with Crippen LogP contribution in [0, 0.1) is 12.8 Å². The molecule has 0 amide bonds. The third kappa shape index (κ3) is 2.43. The molecule has 4 heteroatoms. The van der Waals surface area contributed by atoms with Gasteiger partial charge in [-0.25, -0.2) is 4.98 Å². The first-order valence-corrected chi connectivity index (χ1v) is 6.56. The van der Waals surface area contributed by atoms with Gasteiger partial charge in [-0.2, -0.15) is 0 Å². The van der Waals surface area contributed by atoms with Crippen LogP contribution in [0.25, 0.3) is 0 Å². The molecule has 1 fully saturated rings. The minimum Gasteiger partial charge on any atom is -0.481 e. The Morgan fingerprint density at radius 3 is 2.88 bits per heavy atom. The van der Waals surface area contributed by atoms with Crippen LogP contribution in [-0.4, -0.2) is 16.1 Å². The summed E-state index contributed by atoms with van der Waals surface area (Å²) in [7, 11) is 0. The molecule has 1 aromatic heterocycles. The van der Waals surface area contributed by atoms with E-state index in [1.54, 1.807) is 11.3 Å². The Bertz CT molecular complexity index is 400. The van der Waals surface area contributed by atoms with Crippen molar-refractivity contribution in [3.8, 4) is 0 Å². The smallest absolute Gasteiger partial charge is 0.308 e. The summed E-state index contributed by atoms with van der Waals surface area (Å²) in [5.41, 5.74) is 0.905. The van der Waals surface area contributed by atoms with Crippen molar-refractivity contribution in [2.45, 2.75) is 45.4 Å². The SMILES string of the molecule is Cc1nc(C2CCC(C)C2)sc1CC(=O)O. The predicted molar refractivity (Wildman–Crippen MR) is 63.9 cm³/mol. The monoisotopic (exact) mass is 239 g/mol. The minimum absolute atomic E-state index is 0.117. The lowest BCUT2D eigenvalue weighted by Gasteiger charge is -2.03. The average Bonchev–Trinajstić information content (AvgIpc) is 2.74. The molecule has 1 saturated carbocycles. The Labute approximate surface area is 99.5 Å². The third-order valence-corrected chi connectivity index (χ3v) is 4.58. The Hall–Kier alpha value is -0.900. The number of carboxylic acid groups (broad SMARTS) is 1. The van der Waals surface area contributed by atoms with Crippen molar-refractivity contribution >= 4 is 17.3 Å². The molecule has 0 bridgehead atoms. The number of aryl methyl sites for hydroxylation is 1. The zero-order chi connectivity index (χ0) is 11.7. The van der Waals surface area contributed by atoms with E-state index in [-0.39, 0.29) is 6.42 Å². The molecule has 2 rings (SSSR count). The molecule has 1 aromatic rings. The van der Waals surface area contributed by atoms with E-state index in [9.17, 15) is 4.79 Å². The van der Waals surface area contributed by atoms with Crippen molar-refractivity contribution in [1.82, 2.24) is 4.98 Å². The van der Waals surface area contributed by atoms with Gasteiger partial charge in [-0.15, -0.1) is 11.3 Å². The zero-order valence-corrected chi connectivity index (χ0v) is 10.5. The lowest BCUT2D eigenvalue weighted by Crippen LogP contribution is -1.99. The van der Waals surface area contributed by atoms with Crippen LogP contribution < -0.4 is 0 Å². The molecule has 1 heterocycles. The molecule has 3 nitrogen and oxygen atoms in total. The number of nitrogens with zero attached hydrogens (tertiary/aromatic N) is 1. The highest BCUT2D eigenvalue weighted by Crippen LogP contribution is 2.40. The first kappa shape index (κ1) is 11.6. The van der Waals surface area contributed by atoms with Crippen molar-refractivity contribution in [2.24, 2.45) is 5.92 Å². The lowest BCUT2D eigenvalue weighted by atomic mass is 10.1. The molecule has 1 aliphatic rings. The van der Waals surface area contributed by atoms with Crippen molar-refractivity contribution in [3.63, 3.8) is 0 Å². The molecule has 1 N–H and O–H groups in total. The molecule has 0 saturated heterocycles. The number of carbonyl (C=O) groups is 1. The first-order chi connectivity index (χ1) is 7.56. The molecule has 0 spiro atoms. The van der Waals surface area contributed by atoms with Gasteiger partial charge in [0.1, 0.15) is 0 Å². The quantitative estimate of drug-likeness (QED) is 0.882. The molecule has 2 atom stereocenters. The van der Waals surface area contributed by atoms with E-state index < -0.39 is 5.97 Å². The van der Waals surface area contributed by atoms with Crippen LogP contribution in [0.3, 0.4) is 0 Å². The molecule has 1 aliphatic carbocycles. The predicted octanol–water partition coefficient (Wildman–Crippen LogP) is 2.98. The van der Waals surface area contributed by atoms with Gasteiger partial charge in [0, 0.05) is 10.8 Å². The second-order valence-corrected chi connectivity index (χ2v) is 5.86. The Morgan fingerprint density at radius 1 is 1.56 bits per heavy atom. The molecule has 16 heavy (non-hydrogen) atoms. The van der Waals surface area contributed by atoms with Crippen molar-refractivity contribution in [3.05, 3.63) is 15.6 Å². The van der Waals surface area contributed by atoms with Crippen molar-refractivity contribution in [2.75, 3.05) is 0 Å². The van der Waals surface area contributed by atoms with Crippen LogP contribution in [0.5, 0.6) is 0 Å². The first-order valence-electron chi connectivity index (χ1n) is 5.74. The topological polar surface area (TPSA) is 50.2 Å². The summed E-state index contributed by atoms with van der Waals surface area (Å²) >= 11 is 1.60. The summed E-state index contributed by atoms with van der Waals surface area (Å²) in [5.74, 6) is 0.594. The Morgan fingerprint density at radius 2 is 2.31 bits per heavy atom. The van der Waals surface area contributed by atoms with Crippen molar-refractivity contribution < 1.29 is 9.90 Å². The highest BCUT2D eigenvalue weighted by molar-refractivity contribution is 7.11. The highest BCUT2D eigenvalue weighted by Gasteiger charge is 2.26. The van der Waals surface area contributed by atoms with E-state index in [0.29, 0.717) is 5.92 Å². The minimum atomic E-state index is -0.766. The van der Waals surface area contributed by atoms with Gasteiger partial charge in [-0.05, 0) is 25.7 Å². The molecular formula is C12H17NO2S. The van der Waals surface area contributed by atoms with Gasteiger partial charge >= 0.3 is 5.97 Å². The van der Waals surface area contributed by atoms with E-state index in [1.807, 2.05) is 6.92 Å². The highest BCUT2D eigenvalue weighted by atomic mass is 32.1. The maximum atomic E-state index is 10.7. The summed E-state index contributed by atoms with van der Waals surface area (Å²) in [6, 6.07) is 0. The zero-order valence-electron chi connectivity index (χ0n) is 9.69. The van der Waals surface area contributed by atoms with Gasteiger partial charge in [0.05, 0.1) is 17.1 Å². The Balaban J connectivity index is 2.14. The van der Waals surface area contributed by atoms with Crippen LogP contribution in [0.4, 0.5) is 0 Å². The van der Waals surface area contributed by atoms with E-state index in [1.165, 1.54) is 19.3 Å². The van der Waals surface area contributed by atoms with Crippen molar-refractivity contribution in [1.29, 1.82) is 0 Å². The number of hydrogen-bond donors (Lipinski definition) is 1. The number of hydrogen-bond acceptors (Lipinski definition) is 3. The second kappa shape index (κ2) is 4.53. The molecule has 0 aromatic carbocycles. The average molecular weight is 239 g/mol. The fourth-order valence-electron chi connectivity index (χ4n) is 2.36. The van der Waals surface area contributed by atoms with Gasteiger partial charge < -0.3 is 5.11 Å². The maximum Gasteiger partial charge on any atom is 0.308 e. The fraction of sp³-hybridized carbons (Fsp3) is 0.667. The lowest BCUT2D eigenvalue weighted by molar-refractivity contribution is -0.136. The van der Waals surface area contributed by atoms with Gasteiger partial charge in [-0.1, -0.05) is 13.3 Å². The van der Waals surface area contributed by atoms with Gasteiger partial charge in [-0.3, -0.25) is 4.79 Å². The number of thiazole rings is 1. The summed E-state index contributed by atoms with van der Waals surface area (Å²) < 4.78 is 0. The standard InChI is InChI=1S/C12H17NO2S/c1-7-3-4-9(5-7)12-13-8(2)10(16-12)6-11(14)15/h7,9H,3-6H2,1-2H3,(H,14,15). The van der Waals surface area contributed by atoms with Crippen LogP contribution in [0.15, 0.2) is 0 Å². The van der Waals surface area contributed by atoms with Crippen LogP contribution in [0.2, 0.25) is 0 Å². The number of carboxylic acids is 1. The largest absolute Gasteiger partial charge is 0.481 e. The van der Waals surface area contributed by atoms with Gasteiger partial charge in [0.15, 0.2) is 0 Å². The summed E-state index contributed by atoms with van der Waals surface area (Å²) in [4.78, 5) is 16.1. The fourth-order valence-corrected chi connectivity index (χ4v) is 3.56. The van der Waals surface area contributed by atoms with Gasteiger partial charge in [0.2, 0.25) is 0 Å². The van der Waals surface area contributed by atoms with Gasteiger partial charge in [0.25, 0.3) is 0 Å². The summed E-state index contributed by atoms with van der Waals surface area (Å²) in [6.45, 7) is 4.19. The number of aliphatic carboxylic acids is 1. The van der Waals surface area contributed by atoms with Crippen LogP contribution in [-0.2, 0) is 11.2 Å². The normalized spacial score (nSPS) is 24.9. The molecule has 0 radical (unpaired) electrons. The van der Waals surface area contributed by atoms with E-state index in [2.05, 4.69) is 11.9 Å². The third-order valence-electron chi connectivity index (χ3n) is 3.27. The Kier molecular flexibility index (Phi) is 3.28. The number of aromatic nitrogens is 1.